The van der Waals surface area contributed by atoms with Crippen molar-refractivity contribution in [3.63, 3.8) is 0 Å². The number of hydrogen-bond acceptors (Lipinski definition) is 5. The van der Waals surface area contributed by atoms with Crippen molar-refractivity contribution in [1.82, 2.24) is 29.6 Å². The molecule has 26 heavy (non-hydrogen) atoms. The van der Waals surface area contributed by atoms with E-state index in [1.165, 1.54) is 0 Å². The molecule has 0 saturated carbocycles. The van der Waals surface area contributed by atoms with Gasteiger partial charge in [0, 0.05) is 25.4 Å². The van der Waals surface area contributed by atoms with Crippen LogP contribution in [0.1, 0.15) is 29.3 Å². The van der Waals surface area contributed by atoms with Crippen molar-refractivity contribution in [2.75, 3.05) is 13.7 Å². The maximum Gasteiger partial charge on any atom is 0.224 e. The first-order valence-corrected chi connectivity index (χ1v) is 8.51. The second kappa shape index (κ2) is 6.99. The highest BCUT2D eigenvalue weighted by molar-refractivity contribution is 5.76. The number of nitrogens with zero attached hydrogens (tertiary/aromatic N) is 5. The number of hydrogen-bond donors (Lipinski definition) is 1. The highest BCUT2D eigenvalue weighted by Gasteiger charge is 2.31. The number of rotatable bonds is 5. The third-order valence-electron chi connectivity index (χ3n) is 4.73. The Labute approximate surface area is 150 Å². The molecular formula is C18H20N6O2. The number of fused-ring (bicyclic) bond motifs is 1. The van der Waals surface area contributed by atoms with E-state index >= 15 is 0 Å². The smallest absolute Gasteiger partial charge is 0.224 e. The number of aromatic amines is 1. The summed E-state index contributed by atoms with van der Waals surface area (Å²) in [4.78, 5) is 22.3. The Morgan fingerprint density at radius 3 is 3.00 bits per heavy atom. The van der Waals surface area contributed by atoms with Gasteiger partial charge in [0.1, 0.15) is 18.4 Å². The molecule has 3 heterocycles. The summed E-state index contributed by atoms with van der Waals surface area (Å²) in [6, 6.07) is 7.94. The maximum atomic E-state index is 12.7. The van der Waals surface area contributed by atoms with Gasteiger partial charge >= 0.3 is 0 Å². The van der Waals surface area contributed by atoms with E-state index in [9.17, 15) is 4.79 Å². The first-order chi connectivity index (χ1) is 12.7. The van der Waals surface area contributed by atoms with Gasteiger partial charge in [-0.3, -0.25) is 4.79 Å². The summed E-state index contributed by atoms with van der Waals surface area (Å²) in [5.74, 6) is 0.932. The predicted octanol–water partition coefficient (Wildman–Crippen LogP) is 1.57. The number of methoxy groups -OCH3 is 1. The molecule has 0 fully saturated rings. The van der Waals surface area contributed by atoms with Gasteiger partial charge in [0.15, 0.2) is 0 Å². The quantitative estimate of drug-likeness (QED) is 0.753. The van der Waals surface area contributed by atoms with Gasteiger partial charge in [-0.25, -0.2) is 4.98 Å². The standard InChI is InChI=1S/C18H20N6O2/c1-26-14-4-2-3-13(7-14)15-8-24(9-16-18(15)20-10-19-16)17(25)5-6-23-11-21-22-12-23/h2-4,7,10-12,15H,5-6,8-9H2,1H3,(H,19,20). The minimum Gasteiger partial charge on any atom is -0.497 e. The lowest BCUT2D eigenvalue weighted by Gasteiger charge is -2.32. The van der Waals surface area contributed by atoms with Crippen molar-refractivity contribution in [3.05, 3.63) is 60.2 Å². The van der Waals surface area contributed by atoms with E-state index in [0.29, 0.717) is 26.1 Å². The minimum absolute atomic E-state index is 0.0268. The van der Waals surface area contributed by atoms with Crippen molar-refractivity contribution in [3.8, 4) is 5.75 Å². The second-order valence-electron chi connectivity index (χ2n) is 6.32. The van der Waals surface area contributed by atoms with Gasteiger partial charge in [-0.2, -0.15) is 0 Å². The molecule has 1 atom stereocenters. The van der Waals surface area contributed by atoms with E-state index in [1.54, 1.807) is 26.1 Å². The molecule has 1 aliphatic heterocycles. The Balaban J connectivity index is 1.54. The number of nitrogens with one attached hydrogen (secondary N) is 1. The van der Waals surface area contributed by atoms with Crippen LogP contribution in [-0.2, 0) is 17.9 Å². The van der Waals surface area contributed by atoms with Gasteiger partial charge in [0.05, 0.1) is 31.4 Å². The van der Waals surface area contributed by atoms with Crippen molar-refractivity contribution >= 4 is 5.91 Å². The third kappa shape index (κ3) is 3.17. The van der Waals surface area contributed by atoms with Crippen LogP contribution < -0.4 is 4.74 Å². The second-order valence-corrected chi connectivity index (χ2v) is 6.32. The summed E-state index contributed by atoms with van der Waals surface area (Å²) >= 11 is 0. The number of carbonyl (C=O) groups excluding carboxylic acids is 1. The average Bonchev–Trinajstić information content (AvgIpc) is 3.36. The lowest BCUT2D eigenvalue weighted by molar-refractivity contribution is -0.132. The number of aromatic nitrogens is 5. The van der Waals surface area contributed by atoms with E-state index in [-0.39, 0.29) is 11.8 Å². The molecule has 0 spiro atoms. The summed E-state index contributed by atoms with van der Waals surface area (Å²) in [6.45, 7) is 1.73. The molecule has 2 aromatic heterocycles. The molecule has 0 saturated heterocycles. The molecule has 0 bridgehead atoms. The number of H-pyrrole nitrogens is 1. The molecule has 1 aromatic carbocycles. The maximum absolute atomic E-state index is 12.7. The number of aryl methyl sites for hydroxylation is 1. The van der Waals surface area contributed by atoms with Crippen LogP contribution in [0.4, 0.5) is 0 Å². The molecule has 4 rings (SSSR count). The number of amides is 1. The Morgan fingerprint density at radius 2 is 2.19 bits per heavy atom. The minimum atomic E-state index is 0.0268. The highest BCUT2D eigenvalue weighted by atomic mass is 16.5. The van der Waals surface area contributed by atoms with Crippen LogP contribution in [0.15, 0.2) is 43.2 Å². The molecule has 8 nitrogen and oxygen atoms in total. The van der Waals surface area contributed by atoms with E-state index < -0.39 is 0 Å². The van der Waals surface area contributed by atoms with Crippen molar-refractivity contribution in [2.45, 2.75) is 25.4 Å². The lowest BCUT2D eigenvalue weighted by Crippen LogP contribution is -2.39. The van der Waals surface area contributed by atoms with E-state index in [1.807, 2.05) is 27.7 Å². The van der Waals surface area contributed by atoms with Crippen LogP contribution >= 0.6 is 0 Å². The topological polar surface area (TPSA) is 88.9 Å². The van der Waals surface area contributed by atoms with Gasteiger partial charge < -0.3 is 19.2 Å². The Morgan fingerprint density at radius 1 is 1.35 bits per heavy atom. The van der Waals surface area contributed by atoms with E-state index in [2.05, 4.69) is 26.2 Å². The number of carbonyl (C=O) groups is 1. The van der Waals surface area contributed by atoms with Crippen molar-refractivity contribution in [2.24, 2.45) is 0 Å². The third-order valence-corrected chi connectivity index (χ3v) is 4.73. The van der Waals surface area contributed by atoms with Gasteiger partial charge in [0.25, 0.3) is 0 Å². The first-order valence-electron chi connectivity index (χ1n) is 8.51. The molecule has 0 aliphatic carbocycles. The van der Waals surface area contributed by atoms with Gasteiger partial charge in [-0.05, 0) is 17.7 Å². The fourth-order valence-corrected chi connectivity index (χ4v) is 3.35. The summed E-state index contributed by atoms with van der Waals surface area (Å²) in [5.41, 5.74) is 3.08. The van der Waals surface area contributed by atoms with Crippen LogP contribution in [0.25, 0.3) is 0 Å². The summed E-state index contributed by atoms with van der Waals surface area (Å²) in [7, 11) is 1.65. The van der Waals surface area contributed by atoms with Crippen LogP contribution in [0.2, 0.25) is 0 Å². The van der Waals surface area contributed by atoms with Gasteiger partial charge in [-0.1, -0.05) is 12.1 Å². The molecule has 3 aromatic rings. The van der Waals surface area contributed by atoms with Gasteiger partial charge in [0.2, 0.25) is 5.91 Å². The normalized spacial score (nSPS) is 16.3. The fraction of sp³-hybridized carbons (Fsp3) is 0.333. The molecule has 1 amide bonds. The van der Waals surface area contributed by atoms with Crippen LogP contribution in [0.5, 0.6) is 5.75 Å². The zero-order valence-corrected chi connectivity index (χ0v) is 14.5. The first kappa shape index (κ1) is 16.3. The number of ether oxygens (including phenoxy) is 1. The Bertz CT molecular complexity index is 889. The van der Waals surface area contributed by atoms with Crippen molar-refractivity contribution in [1.29, 1.82) is 0 Å². The zero-order valence-electron chi connectivity index (χ0n) is 14.5. The molecule has 8 heteroatoms. The largest absolute Gasteiger partial charge is 0.497 e. The van der Waals surface area contributed by atoms with E-state index in [0.717, 1.165) is 22.7 Å². The Hall–Kier alpha value is -3.16. The highest BCUT2D eigenvalue weighted by Crippen LogP contribution is 2.33. The van der Waals surface area contributed by atoms with Crippen LogP contribution in [0.3, 0.4) is 0 Å². The summed E-state index contributed by atoms with van der Waals surface area (Å²) in [6.07, 6.45) is 5.35. The molecule has 134 valence electrons. The van der Waals surface area contributed by atoms with E-state index in [4.69, 9.17) is 4.74 Å². The molecule has 1 N–H and O–H groups in total. The molecule has 1 aliphatic rings. The van der Waals surface area contributed by atoms with Gasteiger partial charge in [-0.15, -0.1) is 10.2 Å². The van der Waals surface area contributed by atoms with Crippen molar-refractivity contribution < 1.29 is 9.53 Å². The predicted molar refractivity (Wildman–Crippen MR) is 93.5 cm³/mol. The zero-order chi connectivity index (χ0) is 17.9. The average molecular weight is 352 g/mol. The molecule has 1 unspecified atom stereocenters. The monoisotopic (exact) mass is 352 g/mol. The fourth-order valence-electron chi connectivity index (χ4n) is 3.35. The van der Waals surface area contributed by atoms with Crippen LogP contribution in [-0.4, -0.2) is 49.2 Å². The molecule has 0 radical (unpaired) electrons. The Kier molecular flexibility index (Phi) is 4.39. The molecular weight excluding hydrogens is 332 g/mol. The summed E-state index contributed by atoms with van der Waals surface area (Å²) in [5, 5.41) is 7.53. The SMILES string of the molecule is COc1cccc(C2CN(C(=O)CCn3cnnc3)Cc3[nH]cnc32)c1. The number of benzene rings is 1. The number of imidazole rings is 1. The summed E-state index contributed by atoms with van der Waals surface area (Å²) < 4.78 is 7.15. The lowest BCUT2D eigenvalue weighted by atomic mass is 9.90. The van der Waals surface area contributed by atoms with Crippen LogP contribution in [0, 0.1) is 0 Å².